The highest BCUT2D eigenvalue weighted by atomic mass is 19.1. The highest BCUT2D eigenvalue weighted by Crippen LogP contribution is 2.22. The molecule has 1 unspecified atom stereocenters. The quantitative estimate of drug-likeness (QED) is 0.883. The van der Waals surface area contributed by atoms with Gasteiger partial charge in [0.05, 0.1) is 13.2 Å². The molecule has 0 bridgehead atoms. The smallest absolute Gasteiger partial charge is 0.123 e. The van der Waals surface area contributed by atoms with E-state index in [1.54, 1.807) is 12.1 Å². The second-order valence-corrected chi connectivity index (χ2v) is 5.91. The maximum Gasteiger partial charge on any atom is 0.123 e. The van der Waals surface area contributed by atoms with Crippen LogP contribution in [0.1, 0.15) is 0 Å². The van der Waals surface area contributed by atoms with E-state index in [0.29, 0.717) is 12.3 Å². The zero-order chi connectivity index (χ0) is 16.8. The van der Waals surface area contributed by atoms with Gasteiger partial charge in [-0.1, -0.05) is 24.3 Å². The molecule has 0 amide bonds. The third kappa shape index (κ3) is 4.77. The first kappa shape index (κ1) is 16.9. The third-order valence-corrected chi connectivity index (χ3v) is 4.05. The van der Waals surface area contributed by atoms with E-state index in [0.717, 1.165) is 37.4 Å². The van der Waals surface area contributed by atoms with E-state index in [1.165, 1.54) is 12.1 Å². The first-order chi connectivity index (χ1) is 11.7. The molecule has 1 atom stereocenters. The molecular formula is C19H22FNO3. The van der Waals surface area contributed by atoms with Gasteiger partial charge in [0, 0.05) is 19.6 Å². The summed E-state index contributed by atoms with van der Waals surface area (Å²) < 4.78 is 23.9. The minimum absolute atomic E-state index is 0.243. The summed E-state index contributed by atoms with van der Waals surface area (Å²) in [5, 5.41) is 10.1. The molecule has 24 heavy (non-hydrogen) atoms. The SMILES string of the molecule is OC(COc1ccc(-c2ccc(F)cc2)cc1)CN1CCOCC1. The van der Waals surface area contributed by atoms with Crippen molar-refractivity contribution >= 4 is 0 Å². The molecule has 1 heterocycles. The van der Waals surface area contributed by atoms with Gasteiger partial charge >= 0.3 is 0 Å². The number of halogens is 1. The van der Waals surface area contributed by atoms with Crippen LogP contribution >= 0.6 is 0 Å². The first-order valence-electron chi connectivity index (χ1n) is 8.18. The van der Waals surface area contributed by atoms with Crippen molar-refractivity contribution in [1.82, 2.24) is 4.90 Å². The van der Waals surface area contributed by atoms with Crippen LogP contribution in [0.5, 0.6) is 5.75 Å². The predicted octanol–water partition coefficient (Wildman–Crippen LogP) is 2.56. The van der Waals surface area contributed by atoms with E-state index in [-0.39, 0.29) is 12.4 Å². The Morgan fingerprint density at radius 3 is 2.21 bits per heavy atom. The molecule has 1 aliphatic heterocycles. The van der Waals surface area contributed by atoms with Crippen molar-refractivity contribution in [1.29, 1.82) is 0 Å². The summed E-state index contributed by atoms with van der Waals surface area (Å²) in [7, 11) is 0. The molecule has 0 aliphatic carbocycles. The lowest BCUT2D eigenvalue weighted by atomic mass is 10.1. The molecule has 2 aromatic rings. The van der Waals surface area contributed by atoms with Crippen LogP contribution in [0.25, 0.3) is 11.1 Å². The van der Waals surface area contributed by atoms with Crippen LogP contribution < -0.4 is 4.74 Å². The fraction of sp³-hybridized carbons (Fsp3) is 0.368. The zero-order valence-electron chi connectivity index (χ0n) is 13.5. The lowest BCUT2D eigenvalue weighted by molar-refractivity contribution is 0.00466. The van der Waals surface area contributed by atoms with Crippen molar-refractivity contribution in [2.24, 2.45) is 0 Å². The summed E-state index contributed by atoms with van der Waals surface area (Å²) in [6, 6.07) is 14.0. The van der Waals surface area contributed by atoms with E-state index >= 15 is 0 Å². The average Bonchev–Trinajstić information content (AvgIpc) is 2.62. The third-order valence-electron chi connectivity index (χ3n) is 4.05. The molecule has 1 aliphatic rings. The molecule has 1 fully saturated rings. The minimum atomic E-state index is -0.528. The number of rotatable bonds is 6. The van der Waals surface area contributed by atoms with Crippen molar-refractivity contribution < 1.29 is 19.0 Å². The largest absolute Gasteiger partial charge is 0.491 e. The second kappa shape index (κ2) is 8.24. The monoisotopic (exact) mass is 331 g/mol. The lowest BCUT2D eigenvalue weighted by Crippen LogP contribution is -2.42. The summed E-state index contributed by atoms with van der Waals surface area (Å²) >= 11 is 0. The number of nitrogens with zero attached hydrogens (tertiary/aromatic N) is 1. The van der Waals surface area contributed by atoms with Gasteiger partial charge in [-0.25, -0.2) is 4.39 Å². The first-order valence-corrected chi connectivity index (χ1v) is 8.18. The van der Waals surface area contributed by atoms with Crippen LogP contribution in [0.3, 0.4) is 0 Å². The van der Waals surface area contributed by atoms with E-state index < -0.39 is 6.10 Å². The van der Waals surface area contributed by atoms with Gasteiger partial charge in [0.2, 0.25) is 0 Å². The maximum absolute atomic E-state index is 13.0. The van der Waals surface area contributed by atoms with Crippen molar-refractivity contribution in [2.75, 3.05) is 39.5 Å². The van der Waals surface area contributed by atoms with Gasteiger partial charge in [-0.2, -0.15) is 0 Å². The Hall–Kier alpha value is -1.95. The van der Waals surface area contributed by atoms with Gasteiger partial charge in [-0.3, -0.25) is 4.90 Å². The molecular weight excluding hydrogens is 309 g/mol. The lowest BCUT2D eigenvalue weighted by Gasteiger charge is -2.28. The summed E-state index contributed by atoms with van der Waals surface area (Å²) in [5.74, 6) is 0.467. The second-order valence-electron chi connectivity index (χ2n) is 5.91. The molecule has 2 aromatic carbocycles. The highest BCUT2D eigenvalue weighted by molar-refractivity contribution is 5.63. The molecule has 0 saturated carbocycles. The fourth-order valence-corrected chi connectivity index (χ4v) is 2.71. The average molecular weight is 331 g/mol. The number of hydrogen-bond acceptors (Lipinski definition) is 4. The molecule has 3 rings (SSSR count). The maximum atomic E-state index is 13.0. The predicted molar refractivity (Wildman–Crippen MR) is 90.6 cm³/mol. The van der Waals surface area contributed by atoms with Crippen molar-refractivity contribution in [3.05, 3.63) is 54.3 Å². The Morgan fingerprint density at radius 1 is 1.00 bits per heavy atom. The Kier molecular flexibility index (Phi) is 5.80. The molecule has 1 N–H and O–H groups in total. The molecule has 4 nitrogen and oxygen atoms in total. The van der Waals surface area contributed by atoms with Crippen LogP contribution in [-0.4, -0.2) is 55.6 Å². The van der Waals surface area contributed by atoms with Crippen molar-refractivity contribution in [3.63, 3.8) is 0 Å². The Balaban J connectivity index is 1.49. The van der Waals surface area contributed by atoms with Gasteiger partial charge in [-0.05, 0) is 35.4 Å². The van der Waals surface area contributed by atoms with Gasteiger partial charge < -0.3 is 14.6 Å². The van der Waals surface area contributed by atoms with Crippen LogP contribution in [0.4, 0.5) is 4.39 Å². The van der Waals surface area contributed by atoms with Crippen molar-refractivity contribution in [2.45, 2.75) is 6.10 Å². The Labute approximate surface area is 141 Å². The number of benzene rings is 2. The van der Waals surface area contributed by atoms with E-state index in [4.69, 9.17) is 9.47 Å². The molecule has 0 aromatic heterocycles. The minimum Gasteiger partial charge on any atom is -0.491 e. The van der Waals surface area contributed by atoms with Crippen LogP contribution in [0.15, 0.2) is 48.5 Å². The summed E-state index contributed by atoms with van der Waals surface area (Å²) in [6.45, 7) is 3.99. The molecule has 0 spiro atoms. The molecule has 5 heteroatoms. The summed E-state index contributed by atoms with van der Waals surface area (Å²) in [4.78, 5) is 2.18. The fourth-order valence-electron chi connectivity index (χ4n) is 2.71. The normalized spacial score (nSPS) is 16.8. The standard InChI is InChI=1S/C19H22FNO3/c20-17-5-1-15(2-6-17)16-3-7-19(8-4-16)24-14-18(22)13-21-9-11-23-12-10-21/h1-8,18,22H,9-14H2. The number of β-amino-alcohol motifs (C(OH)–C–C–N with tert-alkyl or cyclic N) is 1. The molecule has 1 saturated heterocycles. The van der Waals surface area contributed by atoms with Gasteiger partial charge in [-0.15, -0.1) is 0 Å². The van der Waals surface area contributed by atoms with Gasteiger partial charge in [0.25, 0.3) is 0 Å². The Morgan fingerprint density at radius 2 is 1.58 bits per heavy atom. The van der Waals surface area contributed by atoms with Crippen LogP contribution in [-0.2, 0) is 4.74 Å². The van der Waals surface area contributed by atoms with E-state index in [1.807, 2.05) is 24.3 Å². The highest BCUT2D eigenvalue weighted by Gasteiger charge is 2.15. The topological polar surface area (TPSA) is 41.9 Å². The number of morpholine rings is 1. The number of aliphatic hydroxyl groups is 1. The van der Waals surface area contributed by atoms with Gasteiger partial charge in [0.1, 0.15) is 24.3 Å². The van der Waals surface area contributed by atoms with Gasteiger partial charge in [0.15, 0.2) is 0 Å². The zero-order valence-corrected chi connectivity index (χ0v) is 13.5. The van der Waals surface area contributed by atoms with Crippen molar-refractivity contribution in [3.8, 4) is 16.9 Å². The van der Waals surface area contributed by atoms with E-state index in [9.17, 15) is 9.50 Å². The molecule has 128 valence electrons. The van der Waals surface area contributed by atoms with Crippen LogP contribution in [0, 0.1) is 5.82 Å². The summed E-state index contributed by atoms with van der Waals surface area (Å²) in [6.07, 6.45) is -0.528. The molecule has 0 radical (unpaired) electrons. The van der Waals surface area contributed by atoms with Crippen LogP contribution in [0.2, 0.25) is 0 Å². The summed E-state index contributed by atoms with van der Waals surface area (Å²) in [5.41, 5.74) is 1.95. The number of aliphatic hydroxyl groups excluding tert-OH is 1. The Bertz CT molecular complexity index is 624. The number of hydrogen-bond donors (Lipinski definition) is 1. The number of ether oxygens (including phenoxy) is 2. The van der Waals surface area contributed by atoms with E-state index in [2.05, 4.69) is 4.90 Å².